The number of methoxy groups -OCH3 is 2. The number of hydroxylamine groups is 1. The second kappa shape index (κ2) is 5.58. The van der Waals surface area contributed by atoms with Crippen molar-refractivity contribution in [2.45, 2.75) is 13.0 Å². The molecule has 0 aromatic heterocycles. The van der Waals surface area contributed by atoms with E-state index in [0.29, 0.717) is 0 Å². The fraction of sp³-hybridized carbons (Fsp3) is 0.455. The average Bonchev–Trinajstić information content (AvgIpc) is 2.28. The van der Waals surface area contributed by atoms with Gasteiger partial charge in [0.15, 0.2) is 11.5 Å². The molecule has 1 aromatic rings. The Hall–Kier alpha value is -1.26. The first-order chi connectivity index (χ1) is 7.22. The Morgan fingerprint density at radius 2 is 1.73 bits per heavy atom. The van der Waals surface area contributed by atoms with E-state index in [4.69, 9.17) is 14.3 Å². The van der Waals surface area contributed by atoms with Crippen molar-refractivity contribution in [1.82, 2.24) is 5.48 Å². The summed E-state index contributed by atoms with van der Waals surface area (Å²) >= 11 is 0. The smallest absolute Gasteiger partial charge is 0.161 e. The molecular formula is C11H17NO3. The summed E-state index contributed by atoms with van der Waals surface area (Å²) in [5.74, 6) is 1.45. The standard InChI is InChI=1S/C11H17NO3/c1-8(12-15-4)9-5-6-10(13-2)11(7-9)14-3/h5-8,12H,1-4H3. The van der Waals surface area contributed by atoms with Crippen LogP contribution in [-0.4, -0.2) is 21.3 Å². The van der Waals surface area contributed by atoms with E-state index in [1.54, 1.807) is 21.3 Å². The zero-order chi connectivity index (χ0) is 11.3. The number of hydrogen-bond donors (Lipinski definition) is 1. The van der Waals surface area contributed by atoms with Crippen molar-refractivity contribution < 1.29 is 14.3 Å². The molecule has 0 bridgehead atoms. The molecule has 1 rings (SSSR count). The minimum atomic E-state index is 0.106. The Bertz CT molecular complexity index is 315. The molecule has 15 heavy (non-hydrogen) atoms. The van der Waals surface area contributed by atoms with Gasteiger partial charge in [-0.15, -0.1) is 0 Å². The Morgan fingerprint density at radius 1 is 1.07 bits per heavy atom. The maximum absolute atomic E-state index is 5.21. The Balaban J connectivity index is 2.92. The van der Waals surface area contributed by atoms with E-state index in [1.807, 2.05) is 25.1 Å². The monoisotopic (exact) mass is 211 g/mol. The molecule has 0 spiro atoms. The summed E-state index contributed by atoms with van der Waals surface area (Å²) in [5.41, 5.74) is 3.93. The summed E-state index contributed by atoms with van der Waals surface area (Å²) in [6.07, 6.45) is 0. The van der Waals surface area contributed by atoms with Crippen LogP contribution < -0.4 is 15.0 Å². The molecule has 0 aliphatic heterocycles. The predicted octanol–water partition coefficient (Wildman–Crippen LogP) is 1.92. The van der Waals surface area contributed by atoms with Crippen LogP contribution in [0, 0.1) is 0 Å². The zero-order valence-corrected chi connectivity index (χ0v) is 9.53. The van der Waals surface area contributed by atoms with E-state index in [0.717, 1.165) is 17.1 Å². The summed E-state index contributed by atoms with van der Waals surface area (Å²) in [6, 6.07) is 5.88. The van der Waals surface area contributed by atoms with Crippen LogP contribution in [0.25, 0.3) is 0 Å². The quantitative estimate of drug-likeness (QED) is 0.755. The van der Waals surface area contributed by atoms with E-state index in [1.165, 1.54) is 0 Å². The van der Waals surface area contributed by atoms with Gasteiger partial charge in [0.25, 0.3) is 0 Å². The van der Waals surface area contributed by atoms with Crippen molar-refractivity contribution in [3.05, 3.63) is 23.8 Å². The molecule has 1 aromatic carbocycles. The molecular weight excluding hydrogens is 194 g/mol. The molecule has 0 aliphatic rings. The van der Waals surface area contributed by atoms with Gasteiger partial charge in [-0.05, 0) is 24.6 Å². The summed E-state index contributed by atoms with van der Waals surface area (Å²) < 4.78 is 10.4. The highest BCUT2D eigenvalue weighted by molar-refractivity contribution is 5.43. The summed E-state index contributed by atoms with van der Waals surface area (Å²) in [6.45, 7) is 2.00. The largest absolute Gasteiger partial charge is 0.493 e. The Labute approximate surface area is 90.1 Å². The highest BCUT2D eigenvalue weighted by atomic mass is 16.6. The summed E-state index contributed by atoms with van der Waals surface area (Å²) in [7, 11) is 4.83. The van der Waals surface area contributed by atoms with Gasteiger partial charge in [-0.25, -0.2) is 0 Å². The minimum absolute atomic E-state index is 0.106. The number of ether oxygens (including phenoxy) is 2. The predicted molar refractivity (Wildman–Crippen MR) is 58.1 cm³/mol. The van der Waals surface area contributed by atoms with Gasteiger partial charge in [0.05, 0.1) is 27.4 Å². The molecule has 0 saturated carbocycles. The van der Waals surface area contributed by atoms with Crippen LogP contribution in [0.3, 0.4) is 0 Å². The molecule has 0 radical (unpaired) electrons. The molecule has 0 aliphatic carbocycles. The fourth-order valence-electron chi connectivity index (χ4n) is 1.37. The van der Waals surface area contributed by atoms with Gasteiger partial charge in [-0.3, -0.25) is 0 Å². The molecule has 0 saturated heterocycles. The molecule has 1 unspecified atom stereocenters. The van der Waals surface area contributed by atoms with Crippen molar-refractivity contribution in [1.29, 1.82) is 0 Å². The fourth-order valence-corrected chi connectivity index (χ4v) is 1.37. The van der Waals surface area contributed by atoms with Crippen LogP contribution >= 0.6 is 0 Å². The van der Waals surface area contributed by atoms with Gasteiger partial charge in [0.1, 0.15) is 0 Å². The summed E-state index contributed by atoms with van der Waals surface area (Å²) in [5, 5.41) is 0. The van der Waals surface area contributed by atoms with E-state index in [9.17, 15) is 0 Å². The highest BCUT2D eigenvalue weighted by Crippen LogP contribution is 2.29. The molecule has 4 nitrogen and oxygen atoms in total. The first-order valence-electron chi connectivity index (χ1n) is 4.73. The lowest BCUT2D eigenvalue weighted by molar-refractivity contribution is 0.0658. The minimum Gasteiger partial charge on any atom is -0.493 e. The van der Waals surface area contributed by atoms with E-state index < -0.39 is 0 Å². The molecule has 1 N–H and O–H groups in total. The van der Waals surface area contributed by atoms with Gasteiger partial charge in [0, 0.05) is 0 Å². The van der Waals surface area contributed by atoms with Crippen LogP contribution in [-0.2, 0) is 4.84 Å². The number of rotatable bonds is 5. The van der Waals surface area contributed by atoms with Crippen molar-refractivity contribution in [2.75, 3.05) is 21.3 Å². The second-order valence-corrected chi connectivity index (χ2v) is 3.16. The lowest BCUT2D eigenvalue weighted by Crippen LogP contribution is -2.16. The van der Waals surface area contributed by atoms with Gasteiger partial charge in [-0.2, -0.15) is 5.48 Å². The molecule has 0 fully saturated rings. The van der Waals surface area contributed by atoms with Gasteiger partial charge in [0.2, 0.25) is 0 Å². The lowest BCUT2D eigenvalue weighted by atomic mass is 10.1. The van der Waals surface area contributed by atoms with Crippen LogP contribution in [0.2, 0.25) is 0 Å². The second-order valence-electron chi connectivity index (χ2n) is 3.16. The third-order valence-corrected chi connectivity index (χ3v) is 2.20. The molecule has 84 valence electrons. The van der Waals surface area contributed by atoms with Crippen molar-refractivity contribution >= 4 is 0 Å². The van der Waals surface area contributed by atoms with E-state index >= 15 is 0 Å². The normalized spacial score (nSPS) is 12.3. The third kappa shape index (κ3) is 2.84. The first kappa shape index (κ1) is 11.8. The van der Waals surface area contributed by atoms with Crippen LogP contribution in [0.15, 0.2) is 18.2 Å². The van der Waals surface area contributed by atoms with Crippen molar-refractivity contribution in [3.63, 3.8) is 0 Å². The summed E-state index contributed by atoms with van der Waals surface area (Å²) in [4.78, 5) is 4.87. The van der Waals surface area contributed by atoms with E-state index in [-0.39, 0.29) is 6.04 Å². The topological polar surface area (TPSA) is 39.7 Å². The average molecular weight is 211 g/mol. The zero-order valence-electron chi connectivity index (χ0n) is 9.53. The number of nitrogens with one attached hydrogen (secondary N) is 1. The molecule has 4 heteroatoms. The van der Waals surface area contributed by atoms with Crippen LogP contribution in [0.5, 0.6) is 11.5 Å². The van der Waals surface area contributed by atoms with Crippen molar-refractivity contribution in [3.8, 4) is 11.5 Å². The lowest BCUT2D eigenvalue weighted by Gasteiger charge is -2.14. The SMILES string of the molecule is CONC(C)c1ccc(OC)c(OC)c1. The molecule has 1 atom stereocenters. The molecule has 0 amide bonds. The maximum atomic E-state index is 5.21. The van der Waals surface area contributed by atoms with Crippen LogP contribution in [0.4, 0.5) is 0 Å². The number of hydrogen-bond acceptors (Lipinski definition) is 4. The maximum Gasteiger partial charge on any atom is 0.161 e. The van der Waals surface area contributed by atoms with Gasteiger partial charge in [-0.1, -0.05) is 6.07 Å². The highest BCUT2D eigenvalue weighted by Gasteiger charge is 2.09. The number of benzene rings is 1. The van der Waals surface area contributed by atoms with E-state index in [2.05, 4.69) is 5.48 Å². The van der Waals surface area contributed by atoms with Gasteiger partial charge >= 0.3 is 0 Å². The Morgan fingerprint density at radius 3 is 2.27 bits per heavy atom. The Kier molecular flexibility index (Phi) is 4.39. The van der Waals surface area contributed by atoms with Crippen molar-refractivity contribution in [2.24, 2.45) is 0 Å². The van der Waals surface area contributed by atoms with Gasteiger partial charge < -0.3 is 14.3 Å². The van der Waals surface area contributed by atoms with Crippen LogP contribution in [0.1, 0.15) is 18.5 Å². The molecule has 0 heterocycles. The third-order valence-electron chi connectivity index (χ3n) is 2.20. The first-order valence-corrected chi connectivity index (χ1v) is 4.73.